The average Bonchev–Trinajstić information content (AvgIpc) is 2.52. The average molecular weight is 693 g/mol. The van der Waals surface area contributed by atoms with Gasteiger partial charge in [-0.15, -0.1) is 0 Å². The molecule has 0 amide bonds. The van der Waals surface area contributed by atoms with Gasteiger partial charge >= 0.3 is 152 Å². The molecule has 2 heterocycles. The Balaban J connectivity index is 2.70. The van der Waals surface area contributed by atoms with Crippen LogP contribution in [0, 0.1) is 5.92 Å². The first-order chi connectivity index (χ1) is 10.0. The molecular formula is C19H39BPb2. The van der Waals surface area contributed by atoms with Crippen molar-refractivity contribution in [2.24, 2.45) is 5.92 Å². The Labute approximate surface area is 150 Å². The van der Waals surface area contributed by atoms with Gasteiger partial charge in [0.05, 0.1) is 0 Å². The van der Waals surface area contributed by atoms with Crippen LogP contribution in [0.4, 0.5) is 0 Å². The van der Waals surface area contributed by atoms with E-state index < -0.39 is 42.3 Å². The van der Waals surface area contributed by atoms with Gasteiger partial charge in [0.25, 0.3) is 0 Å². The first-order valence-corrected chi connectivity index (χ1v) is 37.0. The first kappa shape index (κ1) is 20.0. The van der Waals surface area contributed by atoms with Crippen LogP contribution in [-0.4, -0.2) is 49.1 Å². The molecule has 2 bridgehead atoms. The number of fused-ring (bicyclic) bond motifs is 3. The SMILES string of the molecule is CC(C)B1C(=[C]([Pb]([CH3])([CH3])[CH3])[Pb]([CH3])([CH3])[CH3])C2CCCC1CCC2. The molecule has 0 unspecified atom stereocenters. The van der Waals surface area contributed by atoms with Gasteiger partial charge in [-0.1, -0.05) is 0 Å². The van der Waals surface area contributed by atoms with E-state index in [0.717, 1.165) is 24.3 Å². The zero-order chi connectivity index (χ0) is 16.7. The molecule has 2 aliphatic heterocycles. The molecule has 2 saturated heterocycles. The van der Waals surface area contributed by atoms with Crippen molar-refractivity contribution >= 4 is 49.1 Å². The molecule has 0 radical (unpaired) electrons. The summed E-state index contributed by atoms with van der Waals surface area (Å²) in [7, 11) is 0. The van der Waals surface area contributed by atoms with Gasteiger partial charge in [-0.25, -0.2) is 0 Å². The molecule has 0 aromatic rings. The van der Waals surface area contributed by atoms with Crippen LogP contribution in [0.15, 0.2) is 6.16 Å². The molecule has 0 spiro atoms. The Morgan fingerprint density at radius 3 is 1.68 bits per heavy atom. The summed E-state index contributed by atoms with van der Waals surface area (Å²) < 4.78 is 18.6. The predicted octanol–water partition coefficient (Wildman–Crippen LogP) is 6.84. The summed E-state index contributed by atoms with van der Waals surface area (Å²) >= 11 is -4.31. The molecule has 3 heteroatoms. The van der Waals surface area contributed by atoms with Crippen molar-refractivity contribution in [3.05, 3.63) is 6.16 Å². The van der Waals surface area contributed by atoms with Crippen LogP contribution in [0.1, 0.15) is 52.4 Å². The molecule has 0 N–H and O–H groups in total. The van der Waals surface area contributed by atoms with Gasteiger partial charge in [-0.3, -0.25) is 0 Å². The van der Waals surface area contributed by atoms with E-state index >= 15 is 0 Å². The van der Waals surface area contributed by atoms with Crippen LogP contribution < -0.4 is 0 Å². The molecule has 22 heavy (non-hydrogen) atoms. The van der Waals surface area contributed by atoms with Crippen LogP contribution in [0.3, 0.4) is 0 Å². The molecule has 2 aliphatic rings. The van der Waals surface area contributed by atoms with E-state index in [1.807, 2.05) is 0 Å². The van der Waals surface area contributed by atoms with Crippen molar-refractivity contribution in [2.75, 3.05) is 0 Å². The van der Waals surface area contributed by atoms with Gasteiger partial charge in [0.1, 0.15) is 0 Å². The molecule has 0 aromatic heterocycles. The number of hydrogen-bond acceptors (Lipinski definition) is 0. The molecule has 0 aromatic carbocycles. The van der Waals surface area contributed by atoms with Crippen LogP contribution in [0.2, 0.25) is 38.5 Å². The Hall–Kier alpha value is 1.65. The van der Waals surface area contributed by atoms with E-state index in [1.54, 1.807) is 0 Å². The number of rotatable bonds is 3. The topological polar surface area (TPSA) is 0 Å². The summed E-state index contributed by atoms with van der Waals surface area (Å²) in [4.78, 5) is 0. The Morgan fingerprint density at radius 1 is 0.864 bits per heavy atom. The van der Waals surface area contributed by atoms with Crippen molar-refractivity contribution in [2.45, 2.75) is 90.9 Å². The maximum atomic E-state index is 2.73. The van der Waals surface area contributed by atoms with Gasteiger partial charge in [0.15, 0.2) is 0 Å². The molecular weight excluding hydrogens is 653 g/mol. The molecule has 0 atom stereocenters. The van der Waals surface area contributed by atoms with E-state index in [9.17, 15) is 0 Å². The molecule has 0 saturated carbocycles. The molecule has 0 aliphatic carbocycles. The Bertz CT molecular complexity index is 400. The fraction of sp³-hybridized carbons (Fsp3) is 0.895. The van der Waals surface area contributed by atoms with Crippen LogP contribution in [-0.2, 0) is 0 Å². The van der Waals surface area contributed by atoms with Gasteiger partial charge in [-0.05, 0) is 0 Å². The van der Waals surface area contributed by atoms with E-state index in [4.69, 9.17) is 0 Å². The second kappa shape index (κ2) is 7.49. The second-order valence-electron chi connectivity index (χ2n) is 10.4. The predicted molar refractivity (Wildman–Crippen MR) is 110 cm³/mol. The fourth-order valence-corrected chi connectivity index (χ4v) is 101. The van der Waals surface area contributed by atoms with E-state index in [-0.39, 0.29) is 0 Å². The second-order valence-corrected chi connectivity index (χ2v) is 56.9. The number of hydrogen-bond donors (Lipinski definition) is 0. The third-order valence-electron chi connectivity index (χ3n) is 6.07. The Kier molecular flexibility index (Phi) is 6.80. The molecule has 2 fully saturated rings. The molecule has 0 nitrogen and oxygen atoms in total. The van der Waals surface area contributed by atoms with Gasteiger partial charge < -0.3 is 0 Å². The summed E-state index contributed by atoms with van der Waals surface area (Å²) in [5.41, 5.74) is 2.11. The third kappa shape index (κ3) is 4.43. The Morgan fingerprint density at radius 2 is 1.32 bits per heavy atom. The van der Waals surface area contributed by atoms with Crippen molar-refractivity contribution in [1.29, 1.82) is 0 Å². The standard InChI is InChI=1S/C13H21B.6CH3.2Pb/c1-10(2)14-11(3)12-6-4-8-13(14)9-5-7-12;;;;;;;;/h10,12-13H,4-9H2,1-2H3;6*1H3;;. The minimum absolute atomic E-state index is 0.861. The third-order valence-corrected chi connectivity index (χ3v) is 71.1. The molecule has 126 valence electrons. The summed E-state index contributed by atoms with van der Waals surface area (Å²) in [6.07, 6.45) is 9.12. The van der Waals surface area contributed by atoms with Crippen LogP contribution in [0.25, 0.3) is 0 Å². The monoisotopic (exact) mass is 694 g/mol. The summed E-state index contributed by atoms with van der Waals surface area (Å²) in [6.45, 7) is 6.01. The maximum absolute atomic E-state index is 2.73. The van der Waals surface area contributed by atoms with Crippen molar-refractivity contribution in [3.8, 4) is 0 Å². The molecule has 2 rings (SSSR count). The summed E-state index contributed by atoms with van der Waals surface area (Å²) in [5.74, 6) is 2.86. The van der Waals surface area contributed by atoms with Crippen LogP contribution in [0.5, 0.6) is 0 Å². The number of allylic oxidation sites excluding steroid dienone is 1. The van der Waals surface area contributed by atoms with Gasteiger partial charge in [-0.2, -0.15) is 0 Å². The van der Waals surface area contributed by atoms with Crippen molar-refractivity contribution < 1.29 is 0 Å². The minimum atomic E-state index is -2.15. The zero-order valence-corrected chi connectivity index (χ0v) is 24.3. The summed E-state index contributed by atoms with van der Waals surface area (Å²) in [6, 6.07) is 0. The summed E-state index contributed by atoms with van der Waals surface area (Å²) in [5, 5.41) is 0. The fourth-order valence-electron chi connectivity index (χ4n) is 6.00. The van der Waals surface area contributed by atoms with Crippen molar-refractivity contribution in [3.63, 3.8) is 0 Å². The van der Waals surface area contributed by atoms with Crippen LogP contribution >= 0.6 is 0 Å². The quantitative estimate of drug-likeness (QED) is 0.285. The van der Waals surface area contributed by atoms with Crippen molar-refractivity contribution in [1.82, 2.24) is 0 Å². The van der Waals surface area contributed by atoms with Gasteiger partial charge in [0, 0.05) is 0 Å². The zero-order valence-electron chi connectivity index (χ0n) is 16.6. The van der Waals surface area contributed by atoms with E-state index in [1.165, 1.54) is 38.5 Å². The van der Waals surface area contributed by atoms with E-state index in [2.05, 4.69) is 46.9 Å². The normalized spacial score (nSPS) is 27.1. The van der Waals surface area contributed by atoms with Gasteiger partial charge in [0.2, 0.25) is 0 Å². The first-order valence-electron chi connectivity index (χ1n) is 9.78. The van der Waals surface area contributed by atoms with E-state index in [0.29, 0.717) is 0 Å².